The van der Waals surface area contributed by atoms with E-state index in [0.717, 1.165) is 5.56 Å². The van der Waals surface area contributed by atoms with E-state index in [-0.39, 0.29) is 43.8 Å². The molecule has 2 saturated heterocycles. The van der Waals surface area contributed by atoms with Gasteiger partial charge in [0.05, 0.1) is 73.3 Å². The number of rotatable bonds is 8. The standard InChI is InChI=1S/C55H84N2O17/c1-34-19-14-12-10-8-6-4-5-7-9-11-13-15-22-41(72-54-52(68)49(56)51(67)53(69)73-54)30-46-48(43(62)23-17-16-20-37-21-18-26-57-33-37)45(64)32-55(70,74-46)31-40(60)28-44(63)42(61)25-24-38(58)27-39(59)29-47(65)71-36(3)35(2)50(34)66/h4-13,15,18,21-22,26,33-36,38-42,44-46,48-54,58-61,63-64,66-70H,14,16-17,19-20,23-25,27-32,56H2,1-3H3/b5-4-,8-6-,9-7-,12-10-,13-11-,22-15-/t34-,35-,36-,38+,39+,40-,41-,42+,44+,45-,46-,48?,49-,50+,51-,52-,53-,54?,55+/m0/s1. The molecule has 2 bridgehead atoms. The molecule has 0 saturated carbocycles. The first-order chi connectivity index (χ1) is 35.2. The van der Waals surface area contributed by atoms with E-state index in [2.05, 4.69) is 4.98 Å². The Morgan fingerprint density at radius 2 is 1.43 bits per heavy atom. The molecule has 0 radical (unpaired) electrons. The van der Waals surface area contributed by atoms with Crippen molar-refractivity contribution in [3.8, 4) is 0 Å². The molecule has 19 nitrogen and oxygen atoms in total. The fourth-order valence-electron chi connectivity index (χ4n) is 9.47. The van der Waals surface area contributed by atoms with Crippen molar-refractivity contribution in [1.82, 2.24) is 4.98 Å². The zero-order valence-corrected chi connectivity index (χ0v) is 42.9. The van der Waals surface area contributed by atoms with Crippen molar-refractivity contribution in [3.05, 3.63) is 103 Å². The van der Waals surface area contributed by atoms with Crippen LogP contribution in [0.3, 0.4) is 0 Å². The van der Waals surface area contributed by atoms with Crippen LogP contribution in [0.5, 0.6) is 0 Å². The van der Waals surface area contributed by atoms with Gasteiger partial charge in [0.25, 0.3) is 0 Å². The lowest BCUT2D eigenvalue weighted by atomic mass is 9.79. The Bertz CT molecular complexity index is 1980. The number of esters is 1. The van der Waals surface area contributed by atoms with Gasteiger partial charge < -0.3 is 80.9 Å². The molecule has 0 amide bonds. The first-order valence-corrected chi connectivity index (χ1v) is 26.1. The number of aliphatic hydroxyl groups is 11. The number of hydrogen-bond donors (Lipinski definition) is 12. The molecule has 0 spiro atoms. The maximum Gasteiger partial charge on any atom is 0.308 e. The van der Waals surface area contributed by atoms with E-state index in [0.29, 0.717) is 32.1 Å². The van der Waals surface area contributed by atoms with Crippen LogP contribution in [0.2, 0.25) is 0 Å². The number of aliphatic hydroxyl groups excluding tert-OH is 10. The summed E-state index contributed by atoms with van der Waals surface area (Å²) in [6.45, 7) is 5.37. The Hall–Kier alpha value is -3.87. The molecule has 4 rings (SSSR count). The van der Waals surface area contributed by atoms with Crippen LogP contribution in [0.25, 0.3) is 0 Å². The maximum absolute atomic E-state index is 14.1. The van der Waals surface area contributed by atoms with Crippen molar-refractivity contribution in [3.63, 3.8) is 0 Å². The van der Waals surface area contributed by atoms with Crippen molar-refractivity contribution in [1.29, 1.82) is 0 Å². The number of ketones is 1. The largest absolute Gasteiger partial charge is 0.462 e. The second-order valence-electron chi connectivity index (χ2n) is 20.3. The van der Waals surface area contributed by atoms with Gasteiger partial charge in [0, 0.05) is 50.4 Å². The van der Waals surface area contributed by atoms with Gasteiger partial charge in [-0.05, 0) is 75.8 Å². The van der Waals surface area contributed by atoms with Gasteiger partial charge in [0.1, 0.15) is 24.1 Å². The summed E-state index contributed by atoms with van der Waals surface area (Å²) in [5.41, 5.74) is 6.97. The third-order valence-corrected chi connectivity index (χ3v) is 14.0. The summed E-state index contributed by atoms with van der Waals surface area (Å²) in [6.07, 6.45) is 5.99. The lowest BCUT2D eigenvalue weighted by Crippen LogP contribution is -2.62. The number of carbonyl (C=O) groups excluding carboxylic acids is 2. The number of unbranched alkanes of at least 4 members (excludes halogenated alkanes) is 1. The summed E-state index contributed by atoms with van der Waals surface area (Å²) in [5, 5.41) is 120. The van der Waals surface area contributed by atoms with E-state index in [9.17, 15) is 65.8 Å². The molecule has 3 aliphatic heterocycles. The van der Waals surface area contributed by atoms with E-state index in [1.807, 2.05) is 55.5 Å². The quantitative estimate of drug-likeness (QED) is 0.131. The smallest absolute Gasteiger partial charge is 0.308 e. The van der Waals surface area contributed by atoms with Crippen molar-refractivity contribution in [2.24, 2.45) is 23.5 Å². The third-order valence-electron chi connectivity index (χ3n) is 14.0. The Morgan fingerprint density at radius 1 is 0.757 bits per heavy atom. The van der Waals surface area contributed by atoms with Crippen LogP contribution >= 0.6 is 0 Å². The van der Waals surface area contributed by atoms with Crippen molar-refractivity contribution < 1.29 is 84.7 Å². The van der Waals surface area contributed by atoms with Gasteiger partial charge in [0.15, 0.2) is 18.4 Å². The summed E-state index contributed by atoms with van der Waals surface area (Å²) in [7, 11) is 0. The van der Waals surface area contributed by atoms with E-state index >= 15 is 0 Å². The van der Waals surface area contributed by atoms with Crippen LogP contribution in [0, 0.1) is 17.8 Å². The Kier molecular flexibility index (Phi) is 27.1. The molecule has 3 aliphatic rings. The SMILES string of the molecule is C[C@@H]1[C@H](O)[C@@H](C)CC\C=C/C=C\C=C/C=C\C=C/C=C\[C@H](OC2O[C@H](O)[C@@H](O)[C@H](N)[C@@H]2O)C[C@@H]2O[C@](O)(C[C@@H](O)C[C@@H](O)[C@H](O)CC[C@@H](O)C[C@@H](O)CC(=O)O[C@H]1C)C[C@H](O)C2C(=O)CCCCc1cccnc1. The molecule has 0 aliphatic carbocycles. The molecule has 416 valence electrons. The summed E-state index contributed by atoms with van der Waals surface area (Å²) in [6, 6.07) is 2.37. The number of carbonyl (C=O) groups is 2. The van der Waals surface area contributed by atoms with Crippen molar-refractivity contribution in [2.75, 3.05) is 0 Å². The van der Waals surface area contributed by atoms with Crippen LogP contribution in [-0.4, -0.2) is 171 Å². The molecule has 19 atom stereocenters. The summed E-state index contributed by atoms with van der Waals surface area (Å²) in [5.74, 6) is -5.10. The highest BCUT2D eigenvalue weighted by molar-refractivity contribution is 5.82. The van der Waals surface area contributed by atoms with Gasteiger partial charge in [-0.2, -0.15) is 0 Å². The number of nitrogens with zero attached hydrogens (tertiary/aromatic N) is 1. The summed E-state index contributed by atoms with van der Waals surface area (Å²) >= 11 is 0. The van der Waals surface area contributed by atoms with Gasteiger partial charge >= 0.3 is 5.97 Å². The van der Waals surface area contributed by atoms with E-state index in [1.165, 1.54) is 0 Å². The predicted molar refractivity (Wildman–Crippen MR) is 273 cm³/mol. The number of ether oxygens (including phenoxy) is 4. The minimum Gasteiger partial charge on any atom is -0.462 e. The zero-order valence-electron chi connectivity index (χ0n) is 42.9. The summed E-state index contributed by atoms with van der Waals surface area (Å²) < 4.78 is 23.3. The van der Waals surface area contributed by atoms with Gasteiger partial charge in [0.2, 0.25) is 0 Å². The fourth-order valence-corrected chi connectivity index (χ4v) is 9.47. The number of pyridine rings is 1. The molecule has 74 heavy (non-hydrogen) atoms. The van der Waals surface area contributed by atoms with Crippen LogP contribution in [0.15, 0.2) is 97.4 Å². The monoisotopic (exact) mass is 1040 g/mol. The summed E-state index contributed by atoms with van der Waals surface area (Å²) in [4.78, 5) is 30.9. The molecule has 0 aromatic carbocycles. The lowest BCUT2D eigenvalue weighted by molar-refractivity contribution is -0.331. The number of allylic oxidation sites excluding steroid dienone is 11. The Labute approximate surface area is 435 Å². The molecular weight excluding hydrogens is 961 g/mol. The van der Waals surface area contributed by atoms with Crippen LogP contribution in [0.1, 0.15) is 110 Å². The molecule has 1 aromatic rings. The number of aryl methyl sites for hydroxylation is 1. The second kappa shape index (κ2) is 32.0. The van der Waals surface area contributed by atoms with E-state index in [1.54, 1.807) is 62.7 Å². The van der Waals surface area contributed by atoms with Crippen LogP contribution in [0.4, 0.5) is 0 Å². The van der Waals surface area contributed by atoms with Crippen LogP contribution in [-0.2, 0) is 35.0 Å². The van der Waals surface area contributed by atoms with Gasteiger partial charge in [-0.1, -0.05) is 92.8 Å². The topological polar surface area (TPSA) is 332 Å². The number of cyclic esters (lactones) is 1. The number of hydrogen-bond acceptors (Lipinski definition) is 19. The van der Waals surface area contributed by atoms with Gasteiger partial charge in [-0.3, -0.25) is 14.6 Å². The first-order valence-electron chi connectivity index (χ1n) is 26.1. The van der Waals surface area contributed by atoms with Crippen LogP contribution < -0.4 is 5.73 Å². The lowest BCUT2D eigenvalue weighted by Gasteiger charge is -2.46. The molecule has 2 unspecified atom stereocenters. The maximum atomic E-state index is 14.1. The molecule has 13 N–H and O–H groups in total. The molecule has 19 heteroatoms. The van der Waals surface area contributed by atoms with E-state index < -0.39 is 141 Å². The molecule has 4 heterocycles. The van der Waals surface area contributed by atoms with Gasteiger partial charge in [-0.25, -0.2) is 0 Å². The average Bonchev–Trinajstić information content (AvgIpc) is 3.34. The Morgan fingerprint density at radius 3 is 2.11 bits per heavy atom. The van der Waals surface area contributed by atoms with Gasteiger partial charge in [-0.15, -0.1) is 0 Å². The Balaban J connectivity index is 1.58. The molecular formula is C55H84N2O17. The highest BCUT2D eigenvalue weighted by Crippen LogP contribution is 2.39. The minimum absolute atomic E-state index is 0.0394. The number of nitrogens with two attached hydrogens (primary N) is 1. The molecule has 2 fully saturated rings. The third kappa shape index (κ3) is 21.3. The van der Waals surface area contributed by atoms with E-state index in [4.69, 9.17) is 24.7 Å². The average molecular weight is 1050 g/mol. The molecule has 1 aromatic heterocycles. The van der Waals surface area contributed by atoms with Crippen molar-refractivity contribution in [2.45, 2.75) is 208 Å². The minimum atomic E-state index is -2.29. The highest BCUT2D eigenvalue weighted by Gasteiger charge is 2.50. The first kappa shape index (κ1) is 62.7. The van der Waals surface area contributed by atoms with Crippen molar-refractivity contribution >= 4 is 11.8 Å². The second-order valence-corrected chi connectivity index (χ2v) is 20.3. The highest BCUT2D eigenvalue weighted by atomic mass is 16.7. The number of fused-ring (bicyclic) bond motifs is 2. The fraction of sp³-hybridized carbons (Fsp3) is 0.655. The number of Topliss-reactive ketones (excluding diaryl/α,β-unsaturated/α-hetero) is 1. The number of aromatic nitrogens is 1. The predicted octanol–water partition coefficient (Wildman–Crippen LogP) is 2.16. The normalized spacial score (nSPS) is 41.1. The zero-order chi connectivity index (χ0) is 54.4.